The Morgan fingerprint density at radius 3 is 2.70 bits per heavy atom. The molecule has 0 aliphatic rings. The molecule has 0 aliphatic carbocycles. The van der Waals surface area contributed by atoms with Crippen LogP contribution in [0.15, 0.2) is 23.4 Å². The number of halogens is 2. The molecule has 1 aromatic carbocycles. The highest BCUT2D eigenvalue weighted by Crippen LogP contribution is 2.25. The summed E-state index contributed by atoms with van der Waals surface area (Å²) in [4.78, 5) is 13.4. The Labute approximate surface area is 127 Å². The van der Waals surface area contributed by atoms with Crippen molar-refractivity contribution in [1.29, 1.82) is 0 Å². The van der Waals surface area contributed by atoms with Crippen molar-refractivity contribution >= 4 is 40.8 Å². The van der Waals surface area contributed by atoms with Crippen molar-refractivity contribution in [2.75, 3.05) is 18.9 Å². The van der Waals surface area contributed by atoms with Crippen LogP contribution >= 0.6 is 23.2 Å². The van der Waals surface area contributed by atoms with Gasteiger partial charge in [-0.15, -0.1) is 0 Å². The zero-order valence-corrected chi connectivity index (χ0v) is 12.6. The van der Waals surface area contributed by atoms with Crippen LogP contribution in [0.4, 0.5) is 10.5 Å². The van der Waals surface area contributed by atoms with Gasteiger partial charge in [0.1, 0.15) is 5.84 Å². The molecule has 8 heteroatoms. The SMILES string of the molecule is CC(CN(C)C(=O)Nc1ccc(Cl)c(Cl)c1)C(N)=NO. The van der Waals surface area contributed by atoms with E-state index in [9.17, 15) is 4.79 Å². The van der Waals surface area contributed by atoms with Gasteiger partial charge in [-0.1, -0.05) is 35.3 Å². The maximum absolute atomic E-state index is 12.0. The third-order valence-electron chi connectivity index (χ3n) is 2.69. The maximum Gasteiger partial charge on any atom is 0.321 e. The molecule has 1 atom stereocenters. The summed E-state index contributed by atoms with van der Waals surface area (Å²) in [7, 11) is 1.61. The number of nitrogens with two attached hydrogens (primary N) is 1. The molecule has 0 bridgehead atoms. The second-order valence-corrected chi connectivity index (χ2v) is 5.18. The van der Waals surface area contributed by atoms with Gasteiger partial charge in [-0.25, -0.2) is 4.79 Å². The molecule has 0 spiro atoms. The number of rotatable bonds is 4. The normalized spacial score (nSPS) is 12.9. The number of oxime groups is 1. The van der Waals surface area contributed by atoms with Gasteiger partial charge in [-0.3, -0.25) is 0 Å². The molecule has 20 heavy (non-hydrogen) atoms. The summed E-state index contributed by atoms with van der Waals surface area (Å²) in [5.74, 6) is -0.191. The van der Waals surface area contributed by atoms with Crippen molar-refractivity contribution < 1.29 is 10.0 Å². The van der Waals surface area contributed by atoms with Gasteiger partial charge >= 0.3 is 6.03 Å². The van der Waals surface area contributed by atoms with Crippen LogP contribution in [-0.4, -0.2) is 35.6 Å². The Kier molecular flexibility index (Phi) is 5.91. The maximum atomic E-state index is 12.0. The zero-order chi connectivity index (χ0) is 15.3. The van der Waals surface area contributed by atoms with Gasteiger partial charge < -0.3 is 21.2 Å². The first-order valence-corrected chi connectivity index (χ1v) is 6.55. The van der Waals surface area contributed by atoms with Crippen molar-refractivity contribution in [2.24, 2.45) is 16.8 Å². The molecule has 0 heterocycles. The fourth-order valence-corrected chi connectivity index (χ4v) is 1.78. The van der Waals surface area contributed by atoms with Crippen LogP contribution in [0.5, 0.6) is 0 Å². The molecule has 4 N–H and O–H groups in total. The number of carbonyl (C=O) groups excluding carboxylic acids is 1. The van der Waals surface area contributed by atoms with E-state index in [1.54, 1.807) is 32.2 Å². The Hall–Kier alpha value is -1.66. The molecular weight excluding hydrogens is 303 g/mol. The van der Waals surface area contributed by atoms with Crippen LogP contribution in [-0.2, 0) is 0 Å². The number of urea groups is 1. The Bertz CT molecular complexity index is 522. The van der Waals surface area contributed by atoms with Gasteiger partial charge in [-0.05, 0) is 18.2 Å². The smallest absolute Gasteiger partial charge is 0.321 e. The van der Waals surface area contributed by atoms with E-state index in [-0.39, 0.29) is 17.8 Å². The quantitative estimate of drug-likeness (QED) is 0.345. The molecule has 2 amide bonds. The fourth-order valence-electron chi connectivity index (χ4n) is 1.48. The fraction of sp³-hybridized carbons (Fsp3) is 0.333. The third kappa shape index (κ3) is 4.47. The monoisotopic (exact) mass is 318 g/mol. The second-order valence-electron chi connectivity index (χ2n) is 4.37. The molecule has 1 aromatic rings. The van der Waals surface area contributed by atoms with E-state index >= 15 is 0 Å². The van der Waals surface area contributed by atoms with Crippen LogP contribution < -0.4 is 11.1 Å². The van der Waals surface area contributed by atoms with E-state index in [0.29, 0.717) is 22.3 Å². The molecule has 0 saturated heterocycles. The van der Waals surface area contributed by atoms with Gasteiger partial charge in [0.25, 0.3) is 0 Å². The lowest BCUT2D eigenvalue weighted by Crippen LogP contribution is -2.38. The minimum Gasteiger partial charge on any atom is -0.409 e. The van der Waals surface area contributed by atoms with Crippen LogP contribution in [0.2, 0.25) is 10.0 Å². The average Bonchev–Trinajstić information content (AvgIpc) is 2.41. The lowest BCUT2D eigenvalue weighted by Gasteiger charge is -2.21. The molecule has 6 nitrogen and oxygen atoms in total. The first-order chi connectivity index (χ1) is 9.35. The molecule has 110 valence electrons. The van der Waals surface area contributed by atoms with Crippen molar-refractivity contribution in [1.82, 2.24) is 4.90 Å². The first-order valence-electron chi connectivity index (χ1n) is 5.79. The van der Waals surface area contributed by atoms with E-state index in [4.69, 9.17) is 34.1 Å². The first kappa shape index (κ1) is 16.4. The van der Waals surface area contributed by atoms with E-state index < -0.39 is 0 Å². The summed E-state index contributed by atoms with van der Waals surface area (Å²) >= 11 is 11.7. The standard InChI is InChI=1S/C12H16Cl2N4O2/c1-7(11(15)17-20)6-18(2)12(19)16-8-3-4-9(13)10(14)5-8/h3-5,7,20H,6H2,1-2H3,(H2,15,17)(H,16,19). The molecule has 0 saturated carbocycles. The van der Waals surface area contributed by atoms with Crippen molar-refractivity contribution in [3.8, 4) is 0 Å². The third-order valence-corrected chi connectivity index (χ3v) is 3.42. The number of anilines is 1. The predicted octanol–water partition coefficient (Wildman–Crippen LogP) is 2.84. The number of amides is 2. The van der Waals surface area contributed by atoms with Gasteiger partial charge in [0.15, 0.2) is 0 Å². The zero-order valence-electron chi connectivity index (χ0n) is 11.1. The topological polar surface area (TPSA) is 91.0 Å². The summed E-state index contributed by atoms with van der Waals surface area (Å²) in [5, 5.41) is 14.9. The number of amidine groups is 1. The second kappa shape index (κ2) is 7.21. The molecular formula is C12H16Cl2N4O2. The Morgan fingerprint density at radius 2 is 2.15 bits per heavy atom. The van der Waals surface area contributed by atoms with Gasteiger partial charge in [0.2, 0.25) is 0 Å². The lowest BCUT2D eigenvalue weighted by atomic mass is 10.1. The molecule has 0 aliphatic heterocycles. The van der Waals surface area contributed by atoms with Gasteiger partial charge in [0, 0.05) is 25.2 Å². The highest BCUT2D eigenvalue weighted by molar-refractivity contribution is 6.42. The summed E-state index contributed by atoms with van der Waals surface area (Å²) in [6.07, 6.45) is 0. The number of carbonyl (C=O) groups is 1. The predicted molar refractivity (Wildman–Crippen MR) is 80.7 cm³/mol. The van der Waals surface area contributed by atoms with Gasteiger partial charge in [0.05, 0.1) is 10.0 Å². The van der Waals surface area contributed by atoms with Crippen molar-refractivity contribution in [3.05, 3.63) is 28.2 Å². The summed E-state index contributed by atoms with van der Waals surface area (Å²) in [6, 6.07) is 4.47. The minimum atomic E-state index is -0.332. The highest BCUT2D eigenvalue weighted by atomic mass is 35.5. The van der Waals surface area contributed by atoms with Crippen LogP contribution in [0, 0.1) is 5.92 Å². The van der Waals surface area contributed by atoms with Crippen LogP contribution in [0.1, 0.15) is 6.92 Å². The average molecular weight is 319 g/mol. The lowest BCUT2D eigenvalue weighted by molar-refractivity contribution is 0.219. The molecule has 0 radical (unpaired) electrons. The van der Waals surface area contributed by atoms with Crippen LogP contribution in [0.25, 0.3) is 0 Å². The van der Waals surface area contributed by atoms with Gasteiger partial charge in [-0.2, -0.15) is 0 Å². The molecule has 1 unspecified atom stereocenters. The number of nitrogens with zero attached hydrogens (tertiary/aromatic N) is 2. The molecule has 0 aromatic heterocycles. The number of hydrogen-bond donors (Lipinski definition) is 3. The minimum absolute atomic E-state index is 0.0687. The highest BCUT2D eigenvalue weighted by Gasteiger charge is 2.15. The molecule has 1 rings (SSSR count). The van der Waals surface area contributed by atoms with E-state index in [1.165, 1.54) is 4.90 Å². The summed E-state index contributed by atoms with van der Waals surface area (Å²) in [5.41, 5.74) is 6.00. The number of hydrogen-bond acceptors (Lipinski definition) is 3. The van der Waals surface area contributed by atoms with E-state index in [0.717, 1.165) is 0 Å². The summed E-state index contributed by atoms with van der Waals surface area (Å²) < 4.78 is 0. The molecule has 0 fully saturated rings. The van der Waals surface area contributed by atoms with Crippen molar-refractivity contribution in [2.45, 2.75) is 6.92 Å². The number of benzene rings is 1. The Morgan fingerprint density at radius 1 is 1.50 bits per heavy atom. The van der Waals surface area contributed by atoms with E-state index in [2.05, 4.69) is 10.5 Å². The van der Waals surface area contributed by atoms with Crippen LogP contribution in [0.3, 0.4) is 0 Å². The Balaban J connectivity index is 2.64. The number of nitrogens with one attached hydrogen (secondary N) is 1. The largest absolute Gasteiger partial charge is 0.409 e. The summed E-state index contributed by atoms with van der Waals surface area (Å²) in [6.45, 7) is 2.06. The van der Waals surface area contributed by atoms with E-state index in [1.807, 2.05) is 0 Å². The van der Waals surface area contributed by atoms with Crippen molar-refractivity contribution in [3.63, 3.8) is 0 Å².